The van der Waals surface area contributed by atoms with E-state index >= 15 is 0 Å². The van der Waals surface area contributed by atoms with Crippen LogP contribution in [0.5, 0.6) is 5.75 Å². The van der Waals surface area contributed by atoms with Gasteiger partial charge in [0.15, 0.2) is 0 Å². The number of amides is 1. The van der Waals surface area contributed by atoms with Crippen molar-refractivity contribution in [2.75, 3.05) is 26.7 Å². The Morgan fingerprint density at radius 1 is 1.32 bits per heavy atom. The lowest BCUT2D eigenvalue weighted by Gasteiger charge is -2.31. The lowest BCUT2D eigenvalue weighted by Crippen LogP contribution is -2.48. The highest BCUT2D eigenvalue weighted by Crippen LogP contribution is 2.23. The van der Waals surface area contributed by atoms with Gasteiger partial charge in [0, 0.05) is 18.8 Å². The molecule has 1 aromatic carbocycles. The second-order valence-electron chi connectivity index (χ2n) is 6.56. The van der Waals surface area contributed by atoms with Crippen LogP contribution in [0.25, 0.3) is 11.1 Å². The molecule has 1 atom stereocenters. The highest BCUT2D eigenvalue weighted by Gasteiger charge is 2.25. The summed E-state index contributed by atoms with van der Waals surface area (Å²) in [7, 11) is 3.92. The van der Waals surface area contributed by atoms with E-state index in [4.69, 9.17) is 4.74 Å². The minimum Gasteiger partial charge on any atom is -0.492 e. The number of aryl methyl sites for hydroxylation is 1. The Balaban J connectivity index is 1.47. The summed E-state index contributed by atoms with van der Waals surface area (Å²) in [5.74, 6) is 0.903. The second-order valence-corrected chi connectivity index (χ2v) is 6.56. The standard InChI is InChI=1S/C19H26N4O2/c1-22-10-4-3-8-18(22)19(24)20-9-11-25-17-7-5-6-15(12-17)16-13-21-23(2)14-16/h5-7,12-14,18H,3-4,8-11H2,1-2H3,(H,20,24). The van der Waals surface area contributed by atoms with Crippen LogP contribution >= 0.6 is 0 Å². The fourth-order valence-corrected chi connectivity index (χ4v) is 3.20. The maximum absolute atomic E-state index is 12.2. The van der Waals surface area contributed by atoms with Crippen LogP contribution < -0.4 is 10.1 Å². The molecule has 0 spiro atoms. The van der Waals surface area contributed by atoms with E-state index in [1.165, 1.54) is 6.42 Å². The van der Waals surface area contributed by atoms with Gasteiger partial charge in [0.1, 0.15) is 12.4 Å². The van der Waals surface area contributed by atoms with Gasteiger partial charge >= 0.3 is 0 Å². The molecule has 1 aromatic heterocycles. The molecule has 0 saturated carbocycles. The zero-order chi connectivity index (χ0) is 17.6. The molecule has 0 aliphatic carbocycles. The monoisotopic (exact) mass is 342 g/mol. The molecule has 0 radical (unpaired) electrons. The molecule has 0 bridgehead atoms. The number of benzene rings is 1. The Bertz CT molecular complexity index is 713. The molecule has 1 aliphatic rings. The molecule has 1 unspecified atom stereocenters. The van der Waals surface area contributed by atoms with Gasteiger partial charge < -0.3 is 10.1 Å². The van der Waals surface area contributed by atoms with Crippen LogP contribution in [0.4, 0.5) is 0 Å². The zero-order valence-electron chi connectivity index (χ0n) is 14.9. The number of piperidine rings is 1. The van der Waals surface area contributed by atoms with Gasteiger partial charge in [-0.3, -0.25) is 14.4 Å². The number of nitrogens with one attached hydrogen (secondary N) is 1. The smallest absolute Gasteiger partial charge is 0.237 e. The van der Waals surface area contributed by atoms with Gasteiger partial charge in [-0.25, -0.2) is 0 Å². The van der Waals surface area contributed by atoms with E-state index < -0.39 is 0 Å². The van der Waals surface area contributed by atoms with E-state index in [-0.39, 0.29) is 11.9 Å². The predicted molar refractivity (Wildman–Crippen MR) is 97.4 cm³/mol. The SMILES string of the molecule is CN1CCCCC1C(=O)NCCOc1cccc(-c2cnn(C)c2)c1. The number of aromatic nitrogens is 2. The summed E-state index contributed by atoms with van der Waals surface area (Å²) in [6.07, 6.45) is 7.05. The van der Waals surface area contributed by atoms with Crippen molar-refractivity contribution >= 4 is 5.91 Å². The summed E-state index contributed by atoms with van der Waals surface area (Å²) in [6, 6.07) is 7.92. The highest BCUT2D eigenvalue weighted by molar-refractivity contribution is 5.81. The minimum absolute atomic E-state index is 0.00246. The van der Waals surface area contributed by atoms with Gasteiger partial charge in [0.2, 0.25) is 5.91 Å². The summed E-state index contributed by atoms with van der Waals surface area (Å²) in [4.78, 5) is 14.4. The molecule has 3 rings (SSSR count). The van der Waals surface area contributed by atoms with Crippen LogP contribution in [0.1, 0.15) is 19.3 Å². The first-order valence-electron chi connectivity index (χ1n) is 8.83. The fourth-order valence-electron chi connectivity index (χ4n) is 3.20. The molecule has 2 aromatic rings. The molecule has 1 fully saturated rings. The van der Waals surface area contributed by atoms with Gasteiger partial charge in [0.25, 0.3) is 0 Å². The number of ether oxygens (including phenoxy) is 1. The molecule has 6 nitrogen and oxygen atoms in total. The number of hydrogen-bond donors (Lipinski definition) is 1. The maximum Gasteiger partial charge on any atom is 0.237 e. The van der Waals surface area contributed by atoms with E-state index in [2.05, 4.69) is 15.3 Å². The molecule has 1 aliphatic heterocycles. The quantitative estimate of drug-likeness (QED) is 0.817. The summed E-state index contributed by atoms with van der Waals surface area (Å²) in [5, 5.41) is 7.18. The van der Waals surface area contributed by atoms with Gasteiger partial charge in [-0.2, -0.15) is 5.10 Å². The third-order valence-corrected chi connectivity index (χ3v) is 4.62. The third-order valence-electron chi connectivity index (χ3n) is 4.62. The molecule has 2 heterocycles. The molecular weight excluding hydrogens is 316 g/mol. The molecule has 1 amide bonds. The molecule has 134 valence electrons. The summed E-state index contributed by atoms with van der Waals surface area (Å²) >= 11 is 0. The van der Waals surface area contributed by atoms with Crippen LogP contribution in [0.3, 0.4) is 0 Å². The average Bonchev–Trinajstić information content (AvgIpc) is 3.06. The van der Waals surface area contributed by atoms with Gasteiger partial charge in [-0.15, -0.1) is 0 Å². The lowest BCUT2D eigenvalue weighted by atomic mass is 10.0. The number of rotatable bonds is 6. The van der Waals surface area contributed by atoms with Crippen molar-refractivity contribution in [2.45, 2.75) is 25.3 Å². The van der Waals surface area contributed by atoms with Gasteiger partial charge in [0.05, 0.1) is 18.8 Å². The number of hydrogen-bond acceptors (Lipinski definition) is 4. The van der Waals surface area contributed by atoms with Crippen molar-refractivity contribution in [3.63, 3.8) is 0 Å². The largest absolute Gasteiger partial charge is 0.492 e. The summed E-state index contributed by atoms with van der Waals surface area (Å²) in [5.41, 5.74) is 2.13. The molecule has 1 N–H and O–H groups in total. The van der Waals surface area contributed by atoms with Crippen molar-refractivity contribution in [2.24, 2.45) is 7.05 Å². The first-order chi connectivity index (χ1) is 12.1. The van der Waals surface area contributed by atoms with Crippen LogP contribution in [0.15, 0.2) is 36.7 Å². The van der Waals surface area contributed by atoms with Gasteiger partial charge in [-0.05, 0) is 44.1 Å². The maximum atomic E-state index is 12.2. The van der Waals surface area contributed by atoms with Crippen molar-refractivity contribution in [1.29, 1.82) is 0 Å². The van der Waals surface area contributed by atoms with Crippen molar-refractivity contribution < 1.29 is 9.53 Å². The summed E-state index contributed by atoms with van der Waals surface area (Å²) < 4.78 is 7.56. The lowest BCUT2D eigenvalue weighted by molar-refractivity contribution is -0.127. The van der Waals surface area contributed by atoms with Crippen molar-refractivity contribution in [3.8, 4) is 16.9 Å². The molecule has 25 heavy (non-hydrogen) atoms. The normalized spacial score (nSPS) is 18.1. The number of nitrogens with zero attached hydrogens (tertiary/aromatic N) is 3. The van der Waals surface area contributed by atoms with Crippen LogP contribution in [-0.2, 0) is 11.8 Å². The Kier molecular flexibility index (Phi) is 5.71. The minimum atomic E-state index is 0.00246. The van der Waals surface area contributed by atoms with Gasteiger partial charge in [-0.1, -0.05) is 18.6 Å². The third kappa shape index (κ3) is 4.60. The second kappa shape index (κ2) is 8.16. The number of likely N-dealkylation sites (tertiary alicyclic amines) is 1. The van der Waals surface area contributed by atoms with E-state index in [0.29, 0.717) is 13.2 Å². The van der Waals surface area contributed by atoms with Crippen LogP contribution in [0.2, 0.25) is 0 Å². The predicted octanol–water partition coefficient (Wildman–Crippen LogP) is 2.07. The Labute approximate surface area is 148 Å². The number of likely N-dealkylation sites (N-methyl/N-ethyl adjacent to an activating group) is 1. The van der Waals surface area contributed by atoms with Crippen LogP contribution in [0, 0.1) is 0 Å². The number of carbonyl (C=O) groups excluding carboxylic acids is 1. The van der Waals surface area contributed by atoms with E-state index in [9.17, 15) is 4.79 Å². The Morgan fingerprint density at radius 3 is 2.96 bits per heavy atom. The average molecular weight is 342 g/mol. The fraction of sp³-hybridized carbons (Fsp3) is 0.474. The topological polar surface area (TPSA) is 59.4 Å². The van der Waals surface area contributed by atoms with E-state index in [0.717, 1.165) is 36.3 Å². The molecule has 6 heteroatoms. The highest BCUT2D eigenvalue weighted by atomic mass is 16.5. The number of carbonyl (C=O) groups is 1. The van der Waals surface area contributed by atoms with Crippen molar-refractivity contribution in [3.05, 3.63) is 36.7 Å². The van der Waals surface area contributed by atoms with Crippen molar-refractivity contribution in [1.82, 2.24) is 20.0 Å². The van der Waals surface area contributed by atoms with E-state index in [1.54, 1.807) is 4.68 Å². The Hall–Kier alpha value is -2.34. The first-order valence-corrected chi connectivity index (χ1v) is 8.83. The summed E-state index contributed by atoms with van der Waals surface area (Å²) in [6.45, 7) is 1.97. The first kappa shape index (κ1) is 17.5. The molecular formula is C19H26N4O2. The zero-order valence-corrected chi connectivity index (χ0v) is 14.9. The van der Waals surface area contributed by atoms with E-state index in [1.807, 2.05) is 50.8 Å². The van der Waals surface area contributed by atoms with Crippen LogP contribution in [-0.4, -0.2) is 53.4 Å². The Morgan fingerprint density at radius 2 is 2.20 bits per heavy atom. The molecule has 1 saturated heterocycles.